The molecular formula is C10H18N2S. The summed E-state index contributed by atoms with van der Waals surface area (Å²) in [6.45, 7) is 8.30. The fourth-order valence-corrected chi connectivity index (χ4v) is 2.35. The number of thiazole rings is 1. The zero-order chi connectivity index (χ0) is 9.68. The van der Waals surface area contributed by atoms with Crippen molar-refractivity contribution in [2.24, 2.45) is 0 Å². The Morgan fingerprint density at radius 2 is 2.23 bits per heavy atom. The Labute approximate surface area is 84.4 Å². The fraction of sp³-hybridized carbons (Fsp3) is 0.700. The van der Waals surface area contributed by atoms with E-state index in [1.54, 1.807) is 0 Å². The molecule has 0 spiro atoms. The second-order valence-electron chi connectivity index (χ2n) is 2.76. The van der Waals surface area contributed by atoms with Crippen LogP contribution >= 0.6 is 11.3 Å². The molecule has 1 aliphatic rings. The van der Waals surface area contributed by atoms with Crippen LogP contribution in [-0.2, 0) is 19.4 Å². The number of nitrogens with zero attached hydrogens (tertiary/aromatic N) is 1. The summed E-state index contributed by atoms with van der Waals surface area (Å²) in [5, 5.41) is 4.64. The van der Waals surface area contributed by atoms with E-state index in [-0.39, 0.29) is 0 Å². The second-order valence-corrected chi connectivity index (χ2v) is 3.93. The molecule has 0 atom stereocenters. The first kappa shape index (κ1) is 10.7. The van der Waals surface area contributed by atoms with E-state index in [0.717, 1.165) is 25.9 Å². The third-order valence-electron chi connectivity index (χ3n) is 1.95. The van der Waals surface area contributed by atoms with Gasteiger partial charge in [0.15, 0.2) is 0 Å². The number of hydrogen-bond acceptors (Lipinski definition) is 3. The minimum Gasteiger partial charge on any atom is -0.311 e. The number of fused-ring (bicyclic) bond motifs is 1. The quantitative estimate of drug-likeness (QED) is 0.749. The number of nitrogens with one attached hydrogen (secondary N) is 1. The molecular weight excluding hydrogens is 180 g/mol. The maximum Gasteiger partial charge on any atom is 0.0928 e. The summed E-state index contributed by atoms with van der Waals surface area (Å²) in [4.78, 5) is 6.00. The molecule has 1 aromatic rings. The van der Waals surface area contributed by atoms with Crippen molar-refractivity contribution in [3.8, 4) is 0 Å². The number of rotatable bonds is 1. The Balaban J connectivity index is 0.000000396. The van der Waals surface area contributed by atoms with Crippen LogP contribution in [-0.4, -0.2) is 11.5 Å². The van der Waals surface area contributed by atoms with E-state index >= 15 is 0 Å². The van der Waals surface area contributed by atoms with E-state index in [9.17, 15) is 0 Å². The van der Waals surface area contributed by atoms with E-state index in [1.165, 1.54) is 15.6 Å². The van der Waals surface area contributed by atoms with Gasteiger partial charge in [-0.25, -0.2) is 4.98 Å². The highest BCUT2D eigenvalue weighted by atomic mass is 32.1. The van der Waals surface area contributed by atoms with E-state index in [4.69, 9.17) is 0 Å². The molecule has 13 heavy (non-hydrogen) atoms. The van der Waals surface area contributed by atoms with Crippen molar-refractivity contribution in [3.63, 3.8) is 0 Å². The Kier molecular flexibility index (Phi) is 4.39. The molecule has 1 aliphatic heterocycles. The first-order valence-corrected chi connectivity index (χ1v) is 5.90. The van der Waals surface area contributed by atoms with Crippen LogP contribution in [0.4, 0.5) is 0 Å². The van der Waals surface area contributed by atoms with Crippen molar-refractivity contribution in [3.05, 3.63) is 15.6 Å². The van der Waals surface area contributed by atoms with Crippen LogP contribution in [0, 0.1) is 0 Å². The van der Waals surface area contributed by atoms with Crippen molar-refractivity contribution in [1.29, 1.82) is 0 Å². The SMILES string of the molecule is CC.CCc1nc2c(s1)CNCC2. The predicted molar refractivity (Wildman–Crippen MR) is 58.3 cm³/mol. The summed E-state index contributed by atoms with van der Waals surface area (Å²) in [6, 6.07) is 0. The van der Waals surface area contributed by atoms with Gasteiger partial charge in [-0.05, 0) is 6.42 Å². The third kappa shape index (κ3) is 2.51. The molecule has 0 fully saturated rings. The molecule has 3 heteroatoms. The zero-order valence-corrected chi connectivity index (χ0v) is 9.50. The lowest BCUT2D eigenvalue weighted by Crippen LogP contribution is -2.22. The summed E-state index contributed by atoms with van der Waals surface area (Å²) < 4.78 is 0. The maximum atomic E-state index is 4.55. The van der Waals surface area contributed by atoms with E-state index in [1.807, 2.05) is 25.2 Å². The average molecular weight is 198 g/mol. The molecule has 0 aliphatic carbocycles. The van der Waals surface area contributed by atoms with E-state index in [0.29, 0.717) is 0 Å². The molecule has 2 heterocycles. The average Bonchev–Trinajstić information content (AvgIpc) is 2.63. The fourth-order valence-electron chi connectivity index (χ4n) is 1.33. The molecule has 1 aromatic heterocycles. The van der Waals surface area contributed by atoms with Gasteiger partial charge in [-0.3, -0.25) is 0 Å². The highest BCUT2D eigenvalue weighted by molar-refractivity contribution is 7.11. The van der Waals surface area contributed by atoms with Gasteiger partial charge in [0.2, 0.25) is 0 Å². The maximum absolute atomic E-state index is 4.55. The number of hydrogen-bond donors (Lipinski definition) is 1. The highest BCUT2D eigenvalue weighted by Gasteiger charge is 2.12. The van der Waals surface area contributed by atoms with E-state index in [2.05, 4.69) is 17.2 Å². The van der Waals surface area contributed by atoms with Crippen molar-refractivity contribution in [2.75, 3.05) is 6.54 Å². The first-order chi connectivity index (χ1) is 6.40. The van der Waals surface area contributed by atoms with Crippen molar-refractivity contribution < 1.29 is 0 Å². The topological polar surface area (TPSA) is 24.9 Å². The predicted octanol–water partition coefficient (Wildman–Crippen LogP) is 2.38. The Bertz CT molecular complexity index is 232. The van der Waals surface area contributed by atoms with Gasteiger partial charge >= 0.3 is 0 Å². The molecule has 0 bridgehead atoms. The van der Waals surface area contributed by atoms with Gasteiger partial charge in [0, 0.05) is 24.4 Å². The molecule has 2 rings (SSSR count). The van der Waals surface area contributed by atoms with Gasteiger partial charge < -0.3 is 5.32 Å². The van der Waals surface area contributed by atoms with Crippen molar-refractivity contribution >= 4 is 11.3 Å². The lowest BCUT2D eigenvalue weighted by atomic mass is 10.2. The second kappa shape index (κ2) is 5.35. The molecule has 74 valence electrons. The van der Waals surface area contributed by atoms with Crippen molar-refractivity contribution in [1.82, 2.24) is 10.3 Å². The largest absolute Gasteiger partial charge is 0.311 e. The third-order valence-corrected chi connectivity index (χ3v) is 3.19. The lowest BCUT2D eigenvalue weighted by molar-refractivity contribution is 0.643. The van der Waals surface area contributed by atoms with E-state index < -0.39 is 0 Å². The van der Waals surface area contributed by atoms with Gasteiger partial charge in [-0.2, -0.15) is 0 Å². The lowest BCUT2D eigenvalue weighted by Gasteiger charge is -2.09. The Morgan fingerprint density at radius 1 is 1.46 bits per heavy atom. The molecule has 2 nitrogen and oxygen atoms in total. The van der Waals surface area contributed by atoms with Gasteiger partial charge in [0.05, 0.1) is 10.7 Å². The van der Waals surface area contributed by atoms with Crippen LogP contribution in [0.2, 0.25) is 0 Å². The Hall–Kier alpha value is -0.410. The van der Waals surface area contributed by atoms with Gasteiger partial charge in [0.25, 0.3) is 0 Å². The summed E-state index contributed by atoms with van der Waals surface area (Å²) >= 11 is 1.86. The summed E-state index contributed by atoms with van der Waals surface area (Å²) in [6.07, 6.45) is 2.20. The van der Waals surface area contributed by atoms with Crippen LogP contribution in [0.5, 0.6) is 0 Å². The summed E-state index contributed by atoms with van der Waals surface area (Å²) in [5.41, 5.74) is 1.34. The van der Waals surface area contributed by atoms with Crippen molar-refractivity contribution in [2.45, 2.75) is 40.2 Å². The van der Waals surface area contributed by atoms with Crippen LogP contribution in [0.25, 0.3) is 0 Å². The molecule has 1 N–H and O–H groups in total. The molecule has 0 radical (unpaired) electrons. The molecule has 0 saturated carbocycles. The van der Waals surface area contributed by atoms with Gasteiger partial charge in [0.1, 0.15) is 0 Å². The summed E-state index contributed by atoms with van der Waals surface area (Å²) in [5.74, 6) is 0. The first-order valence-electron chi connectivity index (χ1n) is 5.08. The standard InChI is InChI=1S/C8H12N2S.C2H6/c1-2-8-10-6-3-4-9-5-7(6)11-8;1-2/h9H,2-5H2,1H3;1-2H3. The molecule has 0 saturated heterocycles. The van der Waals surface area contributed by atoms with Gasteiger partial charge in [-0.15, -0.1) is 11.3 Å². The van der Waals surface area contributed by atoms with Crippen LogP contribution in [0.1, 0.15) is 36.3 Å². The smallest absolute Gasteiger partial charge is 0.0928 e. The van der Waals surface area contributed by atoms with Crippen LogP contribution in [0.3, 0.4) is 0 Å². The van der Waals surface area contributed by atoms with Crippen LogP contribution < -0.4 is 5.32 Å². The summed E-state index contributed by atoms with van der Waals surface area (Å²) in [7, 11) is 0. The molecule has 0 unspecified atom stereocenters. The minimum atomic E-state index is 1.03. The number of aromatic nitrogens is 1. The minimum absolute atomic E-state index is 1.03. The monoisotopic (exact) mass is 198 g/mol. The Morgan fingerprint density at radius 3 is 2.85 bits per heavy atom. The molecule has 0 aromatic carbocycles. The van der Waals surface area contributed by atoms with Gasteiger partial charge in [-0.1, -0.05) is 20.8 Å². The molecule has 0 amide bonds. The van der Waals surface area contributed by atoms with Crippen LogP contribution in [0.15, 0.2) is 0 Å². The highest BCUT2D eigenvalue weighted by Crippen LogP contribution is 2.21. The number of aryl methyl sites for hydroxylation is 1. The normalized spacial score (nSPS) is 14.4. The zero-order valence-electron chi connectivity index (χ0n) is 8.68.